The van der Waals surface area contributed by atoms with Gasteiger partial charge in [0.2, 0.25) is 5.91 Å². The molecule has 0 saturated carbocycles. The van der Waals surface area contributed by atoms with E-state index in [2.05, 4.69) is 5.32 Å². The van der Waals surface area contributed by atoms with Crippen LogP contribution in [0.25, 0.3) is 0 Å². The maximum atomic E-state index is 12.0. The van der Waals surface area contributed by atoms with E-state index in [0.717, 1.165) is 0 Å². The van der Waals surface area contributed by atoms with Crippen LogP contribution in [0, 0.1) is 0 Å². The van der Waals surface area contributed by atoms with Crippen LogP contribution < -0.4 is 10.1 Å². The third-order valence-electron chi connectivity index (χ3n) is 2.78. The van der Waals surface area contributed by atoms with E-state index in [4.69, 9.17) is 16.3 Å². The van der Waals surface area contributed by atoms with Crippen LogP contribution in [0.4, 0.5) is 5.69 Å². The van der Waals surface area contributed by atoms with Crippen molar-refractivity contribution in [2.45, 2.75) is 6.42 Å². The highest BCUT2D eigenvalue weighted by molar-refractivity contribution is 6.31. The lowest BCUT2D eigenvalue weighted by molar-refractivity contribution is -0.115. The minimum atomic E-state index is -0.257. The lowest BCUT2D eigenvalue weighted by atomic mass is 10.1. The van der Waals surface area contributed by atoms with E-state index in [1.54, 1.807) is 42.5 Å². The number of ether oxygens (including phenoxy) is 1. The first-order valence-electron chi connectivity index (χ1n) is 6.00. The number of amides is 1. The normalized spacial score (nSPS) is 10.1. The fourth-order valence-corrected chi connectivity index (χ4v) is 1.98. The monoisotopic (exact) mass is 291 g/mol. The molecule has 4 nitrogen and oxygen atoms in total. The summed E-state index contributed by atoms with van der Waals surface area (Å²) in [5, 5.41) is 12.9. The number of phenolic OH excluding ortho intramolecular Hbond substituents is 1. The van der Waals surface area contributed by atoms with Gasteiger partial charge in [-0.15, -0.1) is 0 Å². The number of hydrogen-bond donors (Lipinski definition) is 2. The number of nitrogens with one attached hydrogen (secondary N) is 1. The van der Waals surface area contributed by atoms with Gasteiger partial charge in [-0.3, -0.25) is 4.79 Å². The molecule has 2 aromatic rings. The van der Waals surface area contributed by atoms with Gasteiger partial charge in [0.15, 0.2) is 0 Å². The molecular formula is C15H14ClNO3. The van der Waals surface area contributed by atoms with Gasteiger partial charge in [0.25, 0.3) is 0 Å². The number of halogens is 1. The zero-order valence-electron chi connectivity index (χ0n) is 10.9. The van der Waals surface area contributed by atoms with E-state index in [9.17, 15) is 9.90 Å². The Morgan fingerprint density at radius 3 is 2.75 bits per heavy atom. The summed E-state index contributed by atoms with van der Waals surface area (Å²) in [5.74, 6) is 0.368. The molecule has 2 N–H and O–H groups in total. The number of carbonyl (C=O) groups is 1. The van der Waals surface area contributed by atoms with Crippen molar-refractivity contribution in [2.75, 3.05) is 12.4 Å². The van der Waals surface area contributed by atoms with Gasteiger partial charge in [-0.1, -0.05) is 29.8 Å². The average molecular weight is 292 g/mol. The van der Waals surface area contributed by atoms with Gasteiger partial charge < -0.3 is 15.2 Å². The molecule has 0 radical (unpaired) electrons. The fourth-order valence-electron chi connectivity index (χ4n) is 1.81. The average Bonchev–Trinajstić information content (AvgIpc) is 2.41. The van der Waals surface area contributed by atoms with E-state index < -0.39 is 0 Å². The van der Waals surface area contributed by atoms with Crippen molar-refractivity contribution in [1.82, 2.24) is 0 Å². The van der Waals surface area contributed by atoms with Crippen molar-refractivity contribution < 1.29 is 14.6 Å². The minimum Gasteiger partial charge on any atom is -0.508 e. The summed E-state index contributed by atoms with van der Waals surface area (Å²) in [6.45, 7) is 0. The number of anilines is 1. The lowest BCUT2D eigenvalue weighted by Crippen LogP contribution is -2.15. The molecule has 0 heterocycles. The number of hydrogen-bond acceptors (Lipinski definition) is 3. The summed E-state index contributed by atoms with van der Waals surface area (Å²) in [5.41, 5.74) is 1.06. The molecule has 2 rings (SSSR count). The molecule has 0 fully saturated rings. The molecule has 1 amide bonds. The Bertz CT molecular complexity index is 628. The van der Waals surface area contributed by atoms with Crippen LogP contribution in [-0.2, 0) is 11.2 Å². The van der Waals surface area contributed by atoms with Gasteiger partial charge >= 0.3 is 0 Å². The largest absolute Gasteiger partial charge is 0.508 e. The molecule has 0 aromatic heterocycles. The number of para-hydroxylation sites is 1. The van der Waals surface area contributed by atoms with Gasteiger partial charge in [0.05, 0.1) is 19.2 Å². The molecule has 5 heteroatoms. The number of methoxy groups -OCH3 is 1. The summed E-state index contributed by atoms with van der Waals surface area (Å²) >= 11 is 5.90. The smallest absolute Gasteiger partial charge is 0.229 e. The highest BCUT2D eigenvalue weighted by Crippen LogP contribution is 2.28. The van der Waals surface area contributed by atoms with Crippen LogP contribution in [0.2, 0.25) is 5.02 Å². The third-order valence-corrected chi connectivity index (χ3v) is 3.01. The van der Waals surface area contributed by atoms with E-state index in [1.807, 2.05) is 0 Å². The number of phenols is 1. The highest BCUT2D eigenvalue weighted by Gasteiger charge is 2.10. The van der Waals surface area contributed by atoms with Gasteiger partial charge in [0.1, 0.15) is 11.5 Å². The van der Waals surface area contributed by atoms with Crippen molar-refractivity contribution in [3.63, 3.8) is 0 Å². The predicted octanol–water partition coefficient (Wildman–Crippen LogP) is 3.24. The first-order valence-corrected chi connectivity index (χ1v) is 6.38. The van der Waals surface area contributed by atoms with Crippen LogP contribution in [0.1, 0.15) is 5.56 Å². The highest BCUT2D eigenvalue weighted by atomic mass is 35.5. The van der Waals surface area contributed by atoms with E-state index >= 15 is 0 Å². The topological polar surface area (TPSA) is 58.6 Å². The Balaban J connectivity index is 2.12. The molecule has 0 aliphatic carbocycles. The summed E-state index contributed by atoms with van der Waals surface area (Å²) in [4.78, 5) is 12.0. The summed E-state index contributed by atoms with van der Waals surface area (Å²) in [6, 6.07) is 11.7. The maximum absolute atomic E-state index is 12.0. The molecular weight excluding hydrogens is 278 g/mol. The molecule has 20 heavy (non-hydrogen) atoms. The second-order valence-electron chi connectivity index (χ2n) is 4.20. The summed E-state index contributed by atoms with van der Waals surface area (Å²) < 4.78 is 5.15. The minimum absolute atomic E-state index is 0.0718. The Labute approximate surface area is 122 Å². The molecule has 0 aliphatic heterocycles. The van der Waals surface area contributed by atoms with Gasteiger partial charge in [0, 0.05) is 10.6 Å². The standard InChI is InChI=1S/C15H14ClNO3/c1-20-14-7-6-11(16)9-12(14)17-15(19)8-10-4-2-3-5-13(10)18/h2-7,9,18H,8H2,1H3,(H,17,19). The van der Waals surface area contributed by atoms with Crippen LogP contribution in [0.5, 0.6) is 11.5 Å². The van der Waals surface area contributed by atoms with Gasteiger partial charge in [-0.05, 0) is 24.3 Å². The van der Waals surface area contributed by atoms with Gasteiger partial charge in [-0.2, -0.15) is 0 Å². The number of aromatic hydroxyl groups is 1. The van der Waals surface area contributed by atoms with Crippen LogP contribution in [-0.4, -0.2) is 18.1 Å². The van der Waals surface area contributed by atoms with Gasteiger partial charge in [-0.25, -0.2) is 0 Å². The van der Waals surface area contributed by atoms with Crippen molar-refractivity contribution >= 4 is 23.2 Å². The Hall–Kier alpha value is -2.20. The number of rotatable bonds is 4. The predicted molar refractivity (Wildman–Crippen MR) is 78.4 cm³/mol. The van der Waals surface area contributed by atoms with E-state index in [1.165, 1.54) is 7.11 Å². The van der Waals surface area contributed by atoms with Crippen LogP contribution >= 0.6 is 11.6 Å². The van der Waals surface area contributed by atoms with Crippen LogP contribution in [0.15, 0.2) is 42.5 Å². The number of carbonyl (C=O) groups excluding carboxylic acids is 1. The fraction of sp³-hybridized carbons (Fsp3) is 0.133. The zero-order valence-corrected chi connectivity index (χ0v) is 11.6. The second-order valence-corrected chi connectivity index (χ2v) is 4.63. The molecule has 0 unspecified atom stereocenters. The maximum Gasteiger partial charge on any atom is 0.229 e. The van der Waals surface area contributed by atoms with E-state index in [-0.39, 0.29) is 18.1 Å². The summed E-state index contributed by atoms with van der Waals surface area (Å²) in [7, 11) is 1.52. The lowest BCUT2D eigenvalue weighted by Gasteiger charge is -2.11. The molecule has 2 aromatic carbocycles. The first kappa shape index (κ1) is 14.2. The first-order chi connectivity index (χ1) is 9.60. The van der Waals surface area contributed by atoms with Crippen LogP contribution in [0.3, 0.4) is 0 Å². The molecule has 0 spiro atoms. The Morgan fingerprint density at radius 2 is 2.05 bits per heavy atom. The molecule has 0 bridgehead atoms. The number of benzene rings is 2. The van der Waals surface area contributed by atoms with Crippen molar-refractivity contribution in [2.24, 2.45) is 0 Å². The Morgan fingerprint density at radius 1 is 1.30 bits per heavy atom. The quantitative estimate of drug-likeness (QED) is 0.909. The van der Waals surface area contributed by atoms with Crippen molar-refractivity contribution in [1.29, 1.82) is 0 Å². The van der Waals surface area contributed by atoms with Crippen molar-refractivity contribution in [3.05, 3.63) is 53.1 Å². The molecule has 0 aliphatic rings. The SMILES string of the molecule is COc1ccc(Cl)cc1NC(=O)Cc1ccccc1O. The zero-order chi connectivity index (χ0) is 14.5. The summed E-state index contributed by atoms with van der Waals surface area (Å²) in [6.07, 6.45) is 0.0718. The van der Waals surface area contributed by atoms with E-state index in [0.29, 0.717) is 22.0 Å². The second kappa shape index (κ2) is 6.30. The molecule has 104 valence electrons. The molecule has 0 saturated heterocycles. The Kier molecular flexibility index (Phi) is 4.48. The third kappa shape index (κ3) is 3.42. The van der Waals surface area contributed by atoms with Crippen molar-refractivity contribution in [3.8, 4) is 11.5 Å². The molecule has 0 atom stereocenters.